The van der Waals surface area contributed by atoms with E-state index in [-0.39, 0.29) is 0 Å². The third kappa shape index (κ3) is 4.56. The monoisotopic (exact) mass is 716 g/mol. The number of fused-ring (bicyclic) bond motifs is 8. The van der Waals surface area contributed by atoms with E-state index in [0.717, 1.165) is 72.3 Å². The summed E-state index contributed by atoms with van der Waals surface area (Å²) in [5.74, 6) is 1.42. The maximum atomic E-state index is 5.54. The van der Waals surface area contributed by atoms with Crippen molar-refractivity contribution in [1.29, 1.82) is 0 Å². The highest BCUT2D eigenvalue weighted by atomic mass is 15.2. The van der Waals surface area contributed by atoms with Crippen LogP contribution in [0.4, 0.5) is 0 Å². The van der Waals surface area contributed by atoms with Crippen LogP contribution in [0.25, 0.3) is 99.8 Å². The first-order chi connectivity index (χ1) is 27.8. The number of hydrogen-bond acceptors (Lipinski definition) is 2. The lowest BCUT2D eigenvalue weighted by Gasteiger charge is -2.14. The van der Waals surface area contributed by atoms with Gasteiger partial charge in [0.25, 0.3) is 0 Å². The average molecular weight is 717 g/mol. The lowest BCUT2D eigenvalue weighted by Crippen LogP contribution is -2.07. The Bertz CT molecular complexity index is 3250. The first kappa shape index (κ1) is 30.7. The van der Waals surface area contributed by atoms with Crippen molar-refractivity contribution in [2.24, 2.45) is 0 Å². The van der Waals surface area contributed by atoms with Gasteiger partial charge in [0.05, 0.1) is 38.8 Å². The van der Waals surface area contributed by atoms with Crippen LogP contribution in [0.15, 0.2) is 194 Å². The molecule has 0 aliphatic heterocycles. The van der Waals surface area contributed by atoms with Crippen LogP contribution >= 0.6 is 0 Å². The summed E-state index contributed by atoms with van der Waals surface area (Å²) in [5.41, 5.74) is 10.7. The fourth-order valence-electron chi connectivity index (χ4n) is 8.68. The molecule has 0 saturated carbocycles. The smallest absolute Gasteiger partial charge is 0.237 e. The van der Waals surface area contributed by atoms with Gasteiger partial charge in [-0.3, -0.25) is 9.13 Å². The van der Waals surface area contributed by atoms with Crippen LogP contribution in [-0.4, -0.2) is 28.2 Å². The number of nitrogens with zero attached hydrogens (tertiary/aromatic N) is 6. The van der Waals surface area contributed by atoms with Crippen LogP contribution in [0.3, 0.4) is 0 Å². The first-order valence-electron chi connectivity index (χ1n) is 18.9. The maximum absolute atomic E-state index is 5.54. The second-order valence-corrected chi connectivity index (χ2v) is 14.4. The highest BCUT2D eigenvalue weighted by molar-refractivity contribution is 6.14. The number of rotatable bonds is 5. The molecule has 12 aromatic rings. The Hall–Kier alpha value is -7.70. The van der Waals surface area contributed by atoms with Gasteiger partial charge in [0.15, 0.2) is 0 Å². The molecule has 0 amide bonds. The van der Waals surface area contributed by atoms with E-state index in [2.05, 4.69) is 207 Å². The van der Waals surface area contributed by atoms with Crippen LogP contribution in [0.1, 0.15) is 0 Å². The molecular weight excluding hydrogens is 685 g/mol. The Morgan fingerprint density at radius 2 is 0.821 bits per heavy atom. The fraction of sp³-hybridized carbons (Fsp3) is 0. The van der Waals surface area contributed by atoms with Crippen molar-refractivity contribution in [1.82, 2.24) is 28.2 Å². The van der Waals surface area contributed by atoms with Crippen LogP contribution in [-0.2, 0) is 0 Å². The van der Waals surface area contributed by atoms with Crippen molar-refractivity contribution < 1.29 is 0 Å². The van der Waals surface area contributed by atoms with Crippen molar-refractivity contribution in [3.63, 3.8) is 0 Å². The van der Waals surface area contributed by atoms with E-state index in [1.807, 2.05) is 6.07 Å². The Labute approximate surface area is 321 Å². The topological polar surface area (TPSA) is 45.5 Å². The number of aromatic nitrogens is 6. The molecule has 0 N–H and O–H groups in total. The molecule has 0 atom stereocenters. The zero-order valence-electron chi connectivity index (χ0n) is 30.2. The lowest BCUT2D eigenvalue weighted by atomic mass is 10.1. The third-order valence-electron chi connectivity index (χ3n) is 11.2. The van der Waals surface area contributed by atoms with E-state index < -0.39 is 0 Å². The summed E-state index contributed by atoms with van der Waals surface area (Å²) in [6, 6.07) is 64.5. The molecular formula is C50H32N6. The molecule has 0 spiro atoms. The molecule has 6 nitrogen and oxygen atoms in total. The quantitative estimate of drug-likeness (QED) is 0.178. The van der Waals surface area contributed by atoms with Crippen molar-refractivity contribution in [3.8, 4) is 34.4 Å². The summed E-state index contributed by atoms with van der Waals surface area (Å²) >= 11 is 0. The normalized spacial score (nSPS) is 11.9. The summed E-state index contributed by atoms with van der Waals surface area (Å²) in [5, 5.41) is 7.05. The van der Waals surface area contributed by atoms with Crippen LogP contribution in [0, 0.1) is 0 Å². The molecule has 0 saturated heterocycles. The van der Waals surface area contributed by atoms with Gasteiger partial charge in [-0.25, -0.2) is 4.98 Å². The summed E-state index contributed by atoms with van der Waals surface area (Å²) in [7, 11) is 0. The van der Waals surface area contributed by atoms with E-state index in [1.165, 1.54) is 21.5 Å². The molecule has 12 rings (SSSR count). The van der Waals surface area contributed by atoms with Crippen molar-refractivity contribution >= 4 is 65.4 Å². The van der Waals surface area contributed by atoms with Gasteiger partial charge in [-0.05, 0) is 72.8 Å². The van der Waals surface area contributed by atoms with Crippen molar-refractivity contribution in [2.75, 3.05) is 0 Å². The molecule has 5 heterocycles. The molecule has 0 bridgehead atoms. The average Bonchev–Trinajstić information content (AvgIpc) is 4.03. The van der Waals surface area contributed by atoms with Crippen molar-refractivity contribution in [3.05, 3.63) is 194 Å². The molecule has 262 valence electrons. The molecule has 6 heteroatoms. The van der Waals surface area contributed by atoms with E-state index >= 15 is 0 Å². The minimum atomic E-state index is 0.615. The number of hydrogen-bond donors (Lipinski definition) is 0. The van der Waals surface area contributed by atoms with Gasteiger partial charge in [-0.2, -0.15) is 4.98 Å². The molecule has 0 aliphatic carbocycles. The molecule has 5 aromatic heterocycles. The summed E-state index contributed by atoms with van der Waals surface area (Å²) in [4.78, 5) is 10.9. The van der Waals surface area contributed by atoms with Crippen LogP contribution in [0.2, 0.25) is 0 Å². The molecule has 56 heavy (non-hydrogen) atoms. The molecule has 0 aliphatic rings. The number of benzene rings is 7. The van der Waals surface area contributed by atoms with Gasteiger partial charge < -0.3 is 9.13 Å². The van der Waals surface area contributed by atoms with Crippen LogP contribution < -0.4 is 0 Å². The zero-order valence-corrected chi connectivity index (χ0v) is 30.2. The summed E-state index contributed by atoms with van der Waals surface area (Å²) in [6.45, 7) is 0. The Morgan fingerprint density at radius 1 is 0.339 bits per heavy atom. The minimum absolute atomic E-state index is 0.615. The highest BCUT2D eigenvalue weighted by Gasteiger charge is 2.21. The number of para-hydroxylation sites is 4. The van der Waals surface area contributed by atoms with Crippen LogP contribution in [0.5, 0.6) is 0 Å². The first-order valence-corrected chi connectivity index (χ1v) is 18.9. The van der Waals surface area contributed by atoms with Gasteiger partial charge in [0, 0.05) is 67.7 Å². The van der Waals surface area contributed by atoms with E-state index in [4.69, 9.17) is 9.97 Å². The Kier molecular flexibility index (Phi) is 6.53. The predicted octanol–water partition coefficient (Wildman–Crippen LogP) is 12.2. The van der Waals surface area contributed by atoms with Gasteiger partial charge in [-0.1, -0.05) is 103 Å². The molecule has 0 radical (unpaired) electrons. The third-order valence-corrected chi connectivity index (χ3v) is 11.2. The molecule has 0 unspecified atom stereocenters. The lowest BCUT2D eigenvalue weighted by molar-refractivity contribution is 0.952. The Balaban J connectivity index is 1.17. The predicted molar refractivity (Wildman–Crippen MR) is 230 cm³/mol. The molecule has 0 fully saturated rings. The highest BCUT2D eigenvalue weighted by Crippen LogP contribution is 2.39. The second-order valence-electron chi connectivity index (χ2n) is 14.4. The van der Waals surface area contributed by atoms with E-state index in [9.17, 15) is 0 Å². The maximum Gasteiger partial charge on any atom is 0.237 e. The van der Waals surface area contributed by atoms with Gasteiger partial charge >= 0.3 is 0 Å². The summed E-state index contributed by atoms with van der Waals surface area (Å²) < 4.78 is 9.08. The Morgan fingerprint density at radius 3 is 1.39 bits per heavy atom. The van der Waals surface area contributed by atoms with E-state index in [1.54, 1.807) is 0 Å². The largest absolute Gasteiger partial charge is 0.316 e. The van der Waals surface area contributed by atoms with Gasteiger partial charge in [-0.15, -0.1) is 0 Å². The van der Waals surface area contributed by atoms with Gasteiger partial charge in [0.2, 0.25) is 5.95 Å². The fourth-order valence-corrected chi connectivity index (χ4v) is 8.68. The summed E-state index contributed by atoms with van der Waals surface area (Å²) in [6.07, 6.45) is 4.32. The van der Waals surface area contributed by atoms with Crippen molar-refractivity contribution in [2.45, 2.75) is 0 Å². The second kappa shape index (κ2) is 11.9. The minimum Gasteiger partial charge on any atom is -0.316 e. The molecule has 7 aromatic carbocycles. The SMILES string of the molecule is c1ccc(-c2cc(-n3c4ccccc4c4cc5ccn(-c6ccccc6)c5cc43)nc(-n3c4ccccc4c4cc5ccn(-c6ccccc6)c5cc43)n2)cc1. The van der Waals surface area contributed by atoms with E-state index in [0.29, 0.717) is 5.95 Å². The standard InChI is InChI=1S/C50H32N6/c1-4-14-33(15-5-1)42-30-49(55-43-22-12-10-20-38(43)40-28-34-24-26-53(45(34)31-47(40)55)36-16-6-2-7-17-36)52-50(51-42)56-44-23-13-11-21-39(44)41-29-35-25-27-54(46(35)32-48(41)56)37-18-8-3-9-19-37/h1-32H. The zero-order chi connectivity index (χ0) is 36.7. The van der Waals surface area contributed by atoms with Gasteiger partial charge in [0.1, 0.15) is 5.82 Å².